The molecule has 4 nitrogen and oxygen atoms in total. The van der Waals surface area contributed by atoms with Gasteiger partial charge in [0.1, 0.15) is 5.69 Å². The highest BCUT2D eigenvalue weighted by Crippen LogP contribution is 2.27. The van der Waals surface area contributed by atoms with Crippen molar-refractivity contribution in [3.63, 3.8) is 0 Å². The van der Waals surface area contributed by atoms with Crippen LogP contribution >= 0.6 is 0 Å². The summed E-state index contributed by atoms with van der Waals surface area (Å²) in [5.41, 5.74) is 1.69. The first-order valence-corrected chi connectivity index (χ1v) is 6.41. The molecule has 20 heavy (non-hydrogen) atoms. The van der Waals surface area contributed by atoms with Crippen molar-refractivity contribution in [2.45, 2.75) is 20.4 Å². The van der Waals surface area contributed by atoms with Gasteiger partial charge in [-0.05, 0) is 24.1 Å². The van der Waals surface area contributed by atoms with Crippen LogP contribution in [0.2, 0.25) is 0 Å². The molecule has 2 rings (SSSR count). The van der Waals surface area contributed by atoms with E-state index in [1.807, 2.05) is 0 Å². The maximum absolute atomic E-state index is 13.4. The second-order valence-corrected chi connectivity index (χ2v) is 5.02. The van der Waals surface area contributed by atoms with Gasteiger partial charge in [0.05, 0.1) is 12.7 Å². The second-order valence-electron chi connectivity index (χ2n) is 5.02. The minimum Gasteiger partial charge on any atom is -0.494 e. The Morgan fingerprint density at radius 1 is 1.45 bits per heavy atom. The van der Waals surface area contributed by atoms with E-state index in [-0.39, 0.29) is 5.75 Å². The lowest BCUT2D eigenvalue weighted by Gasteiger charge is -2.05. The predicted molar refractivity (Wildman–Crippen MR) is 74.4 cm³/mol. The molecule has 1 heterocycles. The van der Waals surface area contributed by atoms with E-state index < -0.39 is 5.82 Å². The zero-order valence-electron chi connectivity index (χ0n) is 11.8. The molecule has 106 valence electrons. The second kappa shape index (κ2) is 5.86. The van der Waals surface area contributed by atoms with E-state index in [0.717, 1.165) is 12.8 Å². The third-order valence-corrected chi connectivity index (χ3v) is 2.89. The summed E-state index contributed by atoms with van der Waals surface area (Å²) in [6.07, 6.45) is 2.47. The predicted octanol–water partition coefficient (Wildman–Crippen LogP) is 3.17. The number of methoxy groups -OCH3 is 1. The Morgan fingerprint density at radius 2 is 2.20 bits per heavy atom. The minimum absolute atomic E-state index is 0.137. The highest BCUT2D eigenvalue weighted by molar-refractivity contribution is 5.85. The van der Waals surface area contributed by atoms with Gasteiger partial charge in [0.2, 0.25) is 0 Å². The van der Waals surface area contributed by atoms with Crippen LogP contribution in [0.15, 0.2) is 24.4 Å². The SMILES string of the molecule is COc1cc(-c2nn(CC(C)C)cc2C=O)ccc1F. The first-order chi connectivity index (χ1) is 9.55. The van der Waals surface area contributed by atoms with Crippen LogP contribution in [0.4, 0.5) is 4.39 Å². The van der Waals surface area contributed by atoms with Crippen LogP contribution in [0.25, 0.3) is 11.3 Å². The number of rotatable bonds is 5. The third kappa shape index (κ3) is 2.87. The van der Waals surface area contributed by atoms with E-state index in [9.17, 15) is 9.18 Å². The summed E-state index contributed by atoms with van der Waals surface area (Å²) in [6.45, 7) is 4.87. The van der Waals surface area contributed by atoms with Gasteiger partial charge in [-0.25, -0.2) is 4.39 Å². The lowest BCUT2D eigenvalue weighted by atomic mass is 10.1. The van der Waals surface area contributed by atoms with Gasteiger partial charge < -0.3 is 4.74 Å². The van der Waals surface area contributed by atoms with Crippen LogP contribution in [0.5, 0.6) is 5.75 Å². The summed E-state index contributed by atoms with van der Waals surface area (Å²) in [5, 5.41) is 4.40. The molecule has 0 N–H and O–H groups in total. The van der Waals surface area contributed by atoms with E-state index in [4.69, 9.17) is 4.74 Å². The molecular weight excluding hydrogens is 259 g/mol. The highest BCUT2D eigenvalue weighted by Gasteiger charge is 2.13. The van der Waals surface area contributed by atoms with E-state index in [0.29, 0.717) is 22.7 Å². The summed E-state index contributed by atoms with van der Waals surface area (Å²) >= 11 is 0. The average Bonchev–Trinajstić information content (AvgIpc) is 2.81. The summed E-state index contributed by atoms with van der Waals surface area (Å²) in [7, 11) is 1.40. The highest BCUT2D eigenvalue weighted by atomic mass is 19.1. The van der Waals surface area contributed by atoms with E-state index in [1.165, 1.54) is 13.2 Å². The normalized spacial score (nSPS) is 10.8. The number of aldehydes is 1. The molecule has 2 aromatic rings. The third-order valence-electron chi connectivity index (χ3n) is 2.89. The molecular formula is C15H17FN2O2. The van der Waals surface area contributed by atoms with Gasteiger partial charge in [-0.1, -0.05) is 13.8 Å². The monoisotopic (exact) mass is 276 g/mol. The maximum Gasteiger partial charge on any atom is 0.165 e. The molecule has 1 aromatic carbocycles. The molecule has 5 heteroatoms. The maximum atomic E-state index is 13.4. The zero-order chi connectivity index (χ0) is 14.7. The molecule has 0 aliphatic heterocycles. The number of hydrogen-bond donors (Lipinski definition) is 0. The van der Waals surface area contributed by atoms with Crippen LogP contribution in [0, 0.1) is 11.7 Å². The molecule has 0 fully saturated rings. The van der Waals surface area contributed by atoms with Crippen molar-refractivity contribution in [2.75, 3.05) is 7.11 Å². The Labute approximate surface area is 117 Å². The number of ether oxygens (including phenoxy) is 1. The summed E-state index contributed by atoms with van der Waals surface area (Å²) < 4.78 is 20.1. The number of carbonyl (C=O) groups excluding carboxylic acids is 1. The molecule has 0 spiro atoms. The van der Waals surface area contributed by atoms with Crippen molar-refractivity contribution in [1.82, 2.24) is 9.78 Å². The van der Waals surface area contributed by atoms with Crippen molar-refractivity contribution < 1.29 is 13.9 Å². The fraction of sp³-hybridized carbons (Fsp3) is 0.333. The van der Waals surface area contributed by atoms with Crippen molar-refractivity contribution in [1.29, 1.82) is 0 Å². The molecule has 0 aliphatic rings. The van der Waals surface area contributed by atoms with Gasteiger partial charge >= 0.3 is 0 Å². The van der Waals surface area contributed by atoms with Crippen molar-refractivity contribution in [3.05, 3.63) is 35.8 Å². The van der Waals surface area contributed by atoms with Gasteiger partial charge in [0.15, 0.2) is 17.9 Å². The van der Waals surface area contributed by atoms with Crippen molar-refractivity contribution >= 4 is 6.29 Å². The molecule has 0 atom stereocenters. The molecule has 0 saturated carbocycles. The van der Waals surface area contributed by atoms with Gasteiger partial charge in [0, 0.05) is 18.3 Å². The summed E-state index contributed by atoms with van der Waals surface area (Å²) in [6, 6.07) is 4.45. The van der Waals surface area contributed by atoms with Gasteiger partial charge in [-0.2, -0.15) is 5.10 Å². The van der Waals surface area contributed by atoms with E-state index in [2.05, 4.69) is 18.9 Å². The molecule has 1 aromatic heterocycles. The fourth-order valence-electron chi connectivity index (χ4n) is 2.02. The molecule has 0 radical (unpaired) electrons. The number of hydrogen-bond acceptors (Lipinski definition) is 3. The number of halogens is 1. The van der Waals surface area contributed by atoms with Crippen LogP contribution in [0.3, 0.4) is 0 Å². The molecule has 0 aliphatic carbocycles. The number of nitrogens with zero attached hydrogens (tertiary/aromatic N) is 2. The molecule has 0 amide bonds. The van der Waals surface area contributed by atoms with Gasteiger partial charge in [-0.15, -0.1) is 0 Å². The fourth-order valence-corrected chi connectivity index (χ4v) is 2.02. The lowest BCUT2D eigenvalue weighted by Crippen LogP contribution is -2.04. The van der Waals surface area contributed by atoms with Crippen molar-refractivity contribution in [2.24, 2.45) is 5.92 Å². The number of carbonyl (C=O) groups is 1. The Bertz CT molecular complexity index is 620. The first-order valence-electron chi connectivity index (χ1n) is 6.41. The lowest BCUT2D eigenvalue weighted by molar-refractivity contribution is 0.112. The largest absolute Gasteiger partial charge is 0.494 e. The Balaban J connectivity index is 2.45. The average molecular weight is 276 g/mol. The molecule has 0 bridgehead atoms. The smallest absolute Gasteiger partial charge is 0.165 e. The van der Waals surface area contributed by atoms with Crippen LogP contribution in [-0.2, 0) is 6.54 Å². The topological polar surface area (TPSA) is 44.1 Å². The van der Waals surface area contributed by atoms with Gasteiger partial charge in [-0.3, -0.25) is 9.48 Å². The van der Waals surface area contributed by atoms with E-state index in [1.54, 1.807) is 23.0 Å². The zero-order valence-corrected chi connectivity index (χ0v) is 11.8. The Morgan fingerprint density at radius 3 is 2.80 bits per heavy atom. The summed E-state index contributed by atoms with van der Waals surface area (Å²) in [5.74, 6) is 0.119. The van der Waals surface area contributed by atoms with Crippen LogP contribution in [0.1, 0.15) is 24.2 Å². The molecule has 0 unspecified atom stereocenters. The Hall–Kier alpha value is -2.17. The summed E-state index contributed by atoms with van der Waals surface area (Å²) in [4.78, 5) is 11.2. The number of aromatic nitrogens is 2. The minimum atomic E-state index is -0.439. The first kappa shape index (κ1) is 14.2. The van der Waals surface area contributed by atoms with Gasteiger partial charge in [0.25, 0.3) is 0 Å². The van der Waals surface area contributed by atoms with E-state index >= 15 is 0 Å². The van der Waals surface area contributed by atoms with Crippen molar-refractivity contribution in [3.8, 4) is 17.0 Å². The number of benzene rings is 1. The van der Waals surface area contributed by atoms with Crippen LogP contribution in [-0.4, -0.2) is 23.2 Å². The standard InChI is InChI=1S/C15H17FN2O2/c1-10(2)7-18-8-12(9-19)15(17-18)11-4-5-13(16)14(6-11)20-3/h4-6,8-10H,7H2,1-3H3. The molecule has 0 saturated heterocycles. The van der Waals surface area contributed by atoms with Crippen LogP contribution < -0.4 is 4.74 Å². The quantitative estimate of drug-likeness (QED) is 0.788. The Kier molecular flexibility index (Phi) is 4.17.